The topological polar surface area (TPSA) is 91.3 Å². The highest BCUT2D eigenvalue weighted by Crippen LogP contribution is 2.15. The number of carboxylic acids is 1. The molecule has 104 valence electrons. The molecule has 1 aromatic carbocycles. The first-order valence-corrected chi connectivity index (χ1v) is 6.17. The maximum absolute atomic E-state index is 11.6. The zero-order valence-corrected chi connectivity index (χ0v) is 11.0. The van der Waals surface area contributed by atoms with Gasteiger partial charge in [-0.15, -0.1) is 0 Å². The lowest BCUT2D eigenvalue weighted by Gasteiger charge is -2.11. The lowest BCUT2D eigenvalue weighted by atomic mass is 10.1. The number of hydrogen-bond donors (Lipinski definition) is 3. The molecule has 0 fully saturated rings. The summed E-state index contributed by atoms with van der Waals surface area (Å²) in [6.07, 6.45) is 1.69. The van der Waals surface area contributed by atoms with Crippen molar-refractivity contribution in [3.63, 3.8) is 0 Å². The Hall–Kier alpha value is -2.63. The molecule has 0 bridgehead atoms. The smallest absolute Gasteiger partial charge is 0.325 e. The molecule has 0 aliphatic carbocycles. The van der Waals surface area contributed by atoms with Crippen molar-refractivity contribution in [3.8, 4) is 0 Å². The van der Waals surface area contributed by atoms with E-state index >= 15 is 0 Å². The first-order chi connectivity index (χ1) is 9.58. The van der Waals surface area contributed by atoms with Crippen LogP contribution in [0.1, 0.15) is 12.5 Å². The molecule has 2 rings (SSSR count). The molecule has 6 heteroatoms. The van der Waals surface area contributed by atoms with Crippen molar-refractivity contribution in [3.05, 3.63) is 42.1 Å². The van der Waals surface area contributed by atoms with Gasteiger partial charge in [-0.3, -0.25) is 9.78 Å². The number of para-hydroxylation sites is 1. The van der Waals surface area contributed by atoms with Crippen LogP contribution in [0.3, 0.4) is 0 Å². The molecule has 0 aliphatic rings. The molecule has 1 atom stereocenters. The maximum atomic E-state index is 11.6. The molecule has 1 aromatic heterocycles. The van der Waals surface area contributed by atoms with E-state index in [4.69, 9.17) is 5.11 Å². The fourth-order valence-electron chi connectivity index (χ4n) is 1.79. The van der Waals surface area contributed by atoms with Crippen LogP contribution in [0.2, 0.25) is 0 Å². The number of amides is 2. The molecule has 2 aromatic rings. The van der Waals surface area contributed by atoms with Gasteiger partial charge in [0.1, 0.15) is 6.04 Å². The Kier molecular flexibility index (Phi) is 4.14. The molecule has 6 nitrogen and oxygen atoms in total. The van der Waals surface area contributed by atoms with E-state index in [0.29, 0.717) is 0 Å². The van der Waals surface area contributed by atoms with Gasteiger partial charge in [-0.25, -0.2) is 4.79 Å². The van der Waals surface area contributed by atoms with Crippen LogP contribution in [0.15, 0.2) is 36.5 Å². The summed E-state index contributed by atoms with van der Waals surface area (Å²) in [6, 6.07) is 8.04. The van der Waals surface area contributed by atoms with E-state index in [1.807, 2.05) is 30.3 Å². The second-order valence-corrected chi connectivity index (χ2v) is 4.38. The van der Waals surface area contributed by atoms with Gasteiger partial charge in [0.15, 0.2) is 0 Å². The maximum Gasteiger partial charge on any atom is 0.325 e. The van der Waals surface area contributed by atoms with E-state index in [0.717, 1.165) is 16.5 Å². The molecule has 3 N–H and O–H groups in total. The second kappa shape index (κ2) is 6.01. The SMILES string of the molecule is CC(NC(=O)NCc1cccc2cccnc12)C(=O)O. The first kappa shape index (κ1) is 13.8. The van der Waals surface area contributed by atoms with Crippen LogP contribution >= 0.6 is 0 Å². The Morgan fingerprint density at radius 1 is 1.30 bits per heavy atom. The van der Waals surface area contributed by atoms with Crippen molar-refractivity contribution >= 4 is 22.9 Å². The number of nitrogens with zero attached hydrogens (tertiary/aromatic N) is 1. The third-order valence-corrected chi connectivity index (χ3v) is 2.87. The average Bonchev–Trinajstić information content (AvgIpc) is 2.44. The number of aromatic nitrogens is 1. The molecule has 0 spiro atoms. The number of carbonyl (C=O) groups is 2. The van der Waals surface area contributed by atoms with Gasteiger partial charge in [-0.05, 0) is 18.6 Å². The number of benzene rings is 1. The summed E-state index contributed by atoms with van der Waals surface area (Å²) >= 11 is 0. The van der Waals surface area contributed by atoms with Crippen LogP contribution in [-0.4, -0.2) is 28.1 Å². The van der Waals surface area contributed by atoms with E-state index < -0.39 is 18.0 Å². The van der Waals surface area contributed by atoms with E-state index in [9.17, 15) is 9.59 Å². The van der Waals surface area contributed by atoms with E-state index in [1.165, 1.54) is 6.92 Å². The van der Waals surface area contributed by atoms with E-state index in [1.54, 1.807) is 6.20 Å². The lowest BCUT2D eigenvalue weighted by Crippen LogP contribution is -2.44. The van der Waals surface area contributed by atoms with Crippen LogP contribution in [0.4, 0.5) is 4.79 Å². The van der Waals surface area contributed by atoms with Crippen molar-refractivity contribution in [2.45, 2.75) is 19.5 Å². The van der Waals surface area contributed by atoms with Crippen molar-refractivity contribution < 1.29 is 14.7 Å². The van der Waals surface area contributed by atoms with Gasteiger partial charge >= 0.3 is 12.0 Å². The van der Waals surface area contributed by atoms with E-state index in [2.05, 4.69) is 15.6 Å². The summed E-state index contributed by atoms with van der Waals surface area (Å²) in [5.74, 6) is -1.08. The standard InChI is InChI=1S/C14H15N3O3/c1-9(13(18)19)17-14(20)16-8-11-5-2-4-10-6-3-7-15-12(10)11/h2-7,9H,8H2,1H3,(H,18,19)(H2,16,17,20). The number of fused-ring (bicyclic) bond motifs is 1. The minimum absolute atomic E-state index is 0.284. The molecular weight excluding hydrogens is 258 g/mol. The summed E-state index contributed by atoms with van der Waals surface area (Å²) in [5, 5.41) is 14.6. The number of rotatable bonds is 4. The van der Waals surface area contributed by atoms with Crippen LogP contribution in [0, 0.1) is 0 Å². The predicted octanol–water partition coefficient (Wildman–Crippen LogP) is 1.51. The average molecular weight is 273 g/mol. The normalized spacial score (nSPS) is 11.8. The highest BCUT2D eigenvalue weighted by atomic mass is 16.4. The summed E-state index contributed by atoms with van der Waals surface area (Å²) in [7, 11) is 0. The van der Waals surface area contributed by atoms with Crippen LogP contribution in [-0.2, 0) is 11.3 Å². The summed E-state index contributed by atoms with van der Waals surface area (Å²) < 4.78 is 0. The monoisotopic (exact) mass is 273 g/mol. The lowest BCUT2D eigenvalue weighted by molar-refractivity contribution is -0.138. The van der Waals surface area contributed by atoms with Crippen LogP contribution < -0.4 is 10.6 Å². The van der Waals surface area contributed by atoms with Gasteiger partial charge in [0, 0.05) is 18.1 Å². The van der Waals surface area contributed by atoms with Crippen molar-refractivity contribution in [2.24, 2.45) is 0 Å². The number of nitrogens with one attached hydrogen (secondary N) is 2. The molecule has 0 saturated heterocycles. The molecular formula is C14H15N3O3. The van der Waals surface area contributed by atoms with Crippen LogP contribution in [0.25, 0.3) is 10.9 Å². The highest BCUT2D eigenvalue weighted by Gasteiger charge is 2.13. The molecule has 2 amide bonds. The fourth-order valence-corrected chi connectivity index (χ4v) is 1.79. The zero-order valence-electron chi connectivity index (χ0n) is 11.0. The largest absolute Gasteiger partial charge is 0.480 e. The molecule has 1 unspecified atom stereocenters. The number of urea groups is 1. The molecule has 1 heterocycles. The number of pyridine rings is 1. The Morgan fingerprint density at radius 2 is 2.05 bits per heavy atom. The van der Waals surface area contributed by atoms with Gasteiger partial charge in [-0.1, -0.05) is 24.3 Å². The summed E-state index contributed by atoms with van der Waals surface area (Å²) in [6.45, 7) is 1.69. The predicted molar refractivity (Wildman–Crippen MR) is 74.2 cm³/mol. The summed E-state index contributed by atoms with van der Waals surface area (Å²) in [4.78, 5) is 26.5. The van der Waals surface area contributed by atoms with Crippen molar-refractivity contribution in [2.75, 3.05) is 0 Å². The second-order valence-electron chi connectivity index (χ2n) is 4.38. The van der Waals surface area contributed by atoms with Gasteiger partial charge in [-0.2, -0.15) is 0 Å². The number of carboxylic acid groups (broad SMARTS) is 1. The van der Waals surface area contributed by atoms with Gasteiger partial charge in [0.25, 0.3) is 0 Å². The fraction of sp³-hybridized carbons (Fsp3) is 0.214. The third-order valence-electron chi connectivity index (χ3n) is 2.87. The van der Waals surface area contributed by atoms with Gasteiger partial charge in [0.05, 0.1) is 5.52 Å². The number of aliphatic carboxylic acids is 1. The quantitative estimate of drug-likeness (QED) is 0.787. The Morgan fingerprint density at radius 3 is 2.80 bits per heavy atom. The van der Waals surface area contributed by atoms with Crippen LogP contribution in [0.5, 0.6) is 0 Å². The number of hydrogen-bond acceptors (Lipinski definition) is 3. The Bertz CT molecular complexity index is 637. The third kappa shape index (κ3) is 3.23. The van der Waals surface area contributed by atoms with Gasteiger partial charge in [0.2, 0.25) is 0 Å². The zero-order chi connectivity index (χ0) is 14.5. The molecule has 0 aliphatic heterocycles. The van der Waals surface area contributed by atoms with E-state index in [-0.39, 0.29) is 6.54 Å². The minimum Gasteiger partial charge on any atom is -0.480 e. The Labute approximate surface area is 115 Å². The van der Waals surface area contributed by atoms with Gasteiger partial charge < -0.3 is 15.7 Å². The highest BCUT2D eigenvalue weighted by molar-refractivity contribution is 5.84. The minimum atomic E-state index is -1.08. The summed E-state index contributed by atoms with van der Waals surface area (Å²) in [5.41, 5.74) is 1.70. The molecule has 0 radical (unpaired) electrons. The Balaban J connectivity index is 2.03. The molecule has 20 heavy (non-hydrogen) atoms. The molecule has 0 saturated carbocycles. The van der Waals surface area contributed by atoms with Crippen molar-refractivity contribution in [1.82, 2.24) is 15.6 Å². The number of carbonyl (C=O) groups excluding carboxylic acids is 1. The first-order valence-electron chi connectivity index (χ1n) is 6.17. The van der Waals surface area contributed by atoms with Crippen molar-refractivity contribution in [1.29, 1.82) is 0 Å².